The summed E-state index contributed by atoms with van der Waals surface area (Å²) in [5, 5.41) is 8.30. The van der Waals surface area contributed by atoms with Gasteiger partial charge in [-0.3, -0.25) is 5.32 Å². The number of hydrogen-bond donors (Lipinski definition) is 1. The Balaban J connectivity index is 1.91. The Morgan fingerprint density at radius 3 is 2.96 bits per heavy atom. The van der Waals surface area contributed by atoms with Gasteiger partial charge in [-0.2, -0.15) is 0 Å². The molecule has 3 rings (SSSR count). The summed E-state index contributed by atoms with van der Waals surface area (Å²) >= 11 is 5.15. The molecule has 0 aliphatic heterocycles. The summed E-state index contributed by atoms with van der Waals surface area (Å²) in [6, 6.07) is 8.99. The molecule has 0 aliphatic carbocycles. The van der Waals surface area contributed by atoms with Gasteiger partial charge >= 0.3 is 5.63 Å². The smallest absolute Gasteiger partial charge is 0.349 e. The van der Waals surface area contributed by atoms with E-state index in [-0.39, 0.29) is 16.3 Å². The summed E-state index contributed by atoms with van der Waals surface area (Å²) in [6.07, 6.45) is 2.19. The quantitative estimate of drug-likeness (QED) is 0.424. The molecule has 7 heteroatoms. The van der Waals surface area contributed by atoms with Gasteiger partial charge in [-0.05, 0) is 37.3 Å². The number of aromatic nitrogens is 2. The van der Waals surface area contributed by atoms with Crippen molar-refractivity contribution in [1.29, 1.82) is 0 Å². The molecule has 120 valence electrons. The van der Waals surface area contributed by atoms with E-state index in [0.29, 0.717) is 12.3 Å². The highest BCUT2D eigenvalue weighted by Crippen LogP contribution is 2.19. The molecule has 2 heterocycles. The van der Waals surface area contributed by atoms with E-state index in [1.165, 1.54) is 4.68 Å². The van der Waals surface area contributed by atoms with Crippen LogP contribution in [0, 0.1) is 4.84 Å². The second-order valence-electron chi connectivity index (χ2n) is 5.17. The van der Waals surface area contributed by atoms with Gasteiger partial charge in [-0.25, -0.2) is 9.48 Å². The first-order valence-electron chi connectivity index (χ1n) is 7.51. The number of hydrogen-bond acceptors (Lipinski definition) is 6. The average Bonchev–Trinajstić information content (AvgIpc) is 2.91. The lowest BCUT2D eigenvalue weighted by molar-refractivity contribution is 0.465. The molecular weight excluding hydrogens is 314 g/mol. The van der Waals surface area contributed by atoms with E-state index in [0.717, 1.165) is 24.8 Å². The van der Waals surface area contributed by atoms with Crippen molar-refractivity contribution in [3.8, 4) is 11.5 Å². The molecule has 3 aromatic rings. The third kappa shape index (κ3) is 3.40. The van der Waals surface area contributed by atoms with Gasteiger partial charge in [0, 0.05) is 5.39 Å². The van der Waals surface area contributed by atoms with Crippen LogP contribution in [-0.2, 0) is 6.67 Å². The van der Waals surface area contributed by atoms with Crippen LogP contribution in [-0.4, -0.2) is 16.3 Å². The lowest BCUT2D eigenvalue weighted by Crippen LogP contribution is -2.20. The SMILES string of the molecule is CCCCNCn1nc(-c2cc3ccccc3oc2=O)oc1=S. The Morgan fingerprint density at radius 1 is 1.30 bits per heavy atom. The predicted molar refractivity (Wildman–Crippen MR) is 89.7 cm³/mol. The van der Waals surface area contributed by atoms with Gasteiger partial charge in [0.2, 0.25) is 0 Å². The molecule has 0 spiro atoms. The molecule has 0 bridgehead atoms. The minimum Gasteiger partial charge on any atom is -0.422 e. The van der Waals surface area contributed by atoms with Gasteiger partial charge in [-0.1, -0.05) is 31.5 Å². The van der Waals surface area contributed by atoms with E-state index in [2.05, 4.69) is 17.3 Å². The summed E-state index contributed by atoms with van der Waals surface area (Å²) in [5.74, 6) is 0.173. The fraction of sp³-hybridized carbons (Fsp3) is 0.312. The van der Waals surface area contributed by atoms with E-state index in [1.54, 1.807) is 12.1 Å². The molecule has 23 heavy (non-hydrogen) atoms. The minimum absolute atomic E-state index is 0.173. The molecule has 0 saturated carbocycles. The Kier molecular flexibility index (Phi) is 4.68. The van der Waals surface area contributed by atoms with E-state index < -0.39 is 5.63 Å². The highest BCUT2D eigenvalue weighted by molar-refractivity contribution is 7.71. The standard InChI is InChI=1S/C16H17N3O3S/c1-2-3-8-17-10-19-16(23)22-14(18-19)12-9-11-6-4-5-7-13(11)21-15(12)20/h4-7,9,17H,2-3,8,10H2,1H3. The molecule has 0 saturated heterocycles. The Labute approximate surface area is 137 Å². The van der Waals surface area contributed by atoms with Crippen molar-refractivity contribution in [1.82, 2.24) is 15.1 Å². The second-order valence-corrected chi connectivity index (χ2v) is 5.52. The number of nitrogens with zero attached hydrogens (tertiary/aromatic N) is 2. The van der Waals surface area contributed by atoms with Crippen LogP contribution in [0.25, 0.3) is 22.4 Å². The molecule has 0 fully saturated rings. The maximum atomic E-state index is 12.1. The zero-order valence-electron chi connectivity index (χ0n) is 12.7. The molecule has 6 nitrogen and oxygen atoms in total. The summed E-state index contributed by atoms with van der Waals surface area (Å²) in [5.41, 5.74) is 0.300. The zero-order valence-corrected chi connectivity index (χ0v) is 13.6. The summed E-state index contributed by atoms with van der Waals surface area (Å²) in [4.78, 5) is 12.3. The highest BCUT2D eigenvalue weighted by Gasteiger charge is 2.14. The minimum atomic E-state index is -0.494. The van der Waals surface area contributed by atoms with Crippen LogP contribution >= 0.6 is 12.2 Å². The first-order valence-corrected chi connectivity index (χ1v) is 7.92. The second kappa shape index (κ2) is 6.89. The monoisotopic (exact) mass is 331 g/mol. The topological polar surface area (TPSA) is 73.2 Å². The fourth-order valence-corrected chi connectivity index (χ4v) is 2.40. The third-order valence-electron chi connectivity index (χ3n) is 3.45. The van der Waals surface area contributed by atoms with Crippen LogP contribution in [0.5, 0.6) is 0 Å². The van der Waals surface area contributed by atoms with Crippen LogP contribution in [0.4, 0.5) is 0 Å². The number of rotatable bonds is 6. The van der Waals surface area contributed by atoms with Gasteiger partial charge in [0.05, 0.1) is 6.67 Å². The Bertz CT molecular complexity index is 926. The van der Waals surface area contributed by atoms with Crippen molar-refractivity contribution in [2.45, 2.75) is 26.4 Å². The average molecular weight is 331 g/mol. The van der Waals surface area contributed by atoms with E-state index in [1.807, 2.05) is 18.2 Å². The van der Waals surface area contributed by atoms with Crippen LogP contribution in [0.15, 0.2) is 44.0 Å². The van der Waals surface area contributed by atoms with Crippen LogP contribution in [0.2, 0.25) is 0 Å². The molecule has 2 aromatic heterocycles. The summed E-state index contributed by atoms with van der Waals surface area (Å²) in [7, 11) is 0. The van der Waals surface area contributed by atoms with E-state index in [4.69, 9.17) is 21.1 Å². The Hall–Kier alpha value is -2.25. The number of nitrogens with one attached hydrogen (secondary N) is 1. The van der Waals surface area contributed by atoms with Gasteiger partial charge in [0.25, 0.3) is 10.7 Å². The maximum Gasteiger partial charge on any atom is 0.349 e. The van der Waals surface area contributed by atoms with Gasteiger partial charge in [0.15, 0.2) is 0 Å². The van der Waals surface area contributed by atoms with Crippen molar-refractivity contribution < 1.29 is 8.83 Å². The molecular formula is C16H17N3O3S. The third-order valence-corrected chi connectivity index (χ3v) is 3.74. The first kappa shape index (κ1) is 15.6. The molecule has 1 N–H and O–H groups in total. The largest absolute Gasteiger partial charge is 0.422 e. The van der Waals surface area contributed by atoms with Crippen molar-refractivity contribution in [2.75, 3.05) is 6.54 Å². The molecule has 0 radical (unpaired) electrons. The lowest BCUT2D eigenvalue weighted by atomic mass is 10.2. The maximum absolute atomic E-state index is 12.1. The van der Waals surface area contributed by atoms with Crippen LogP contribution < -0.4 is 10.9 Å². The highest BCUT2D eigenvalue weighted by atomic mass is 32.1. The normalized spacial score (nSPS) is 11.2. The van der Waals surface area contributed by atoms with Crippen LogP contribution in [0.3, 0.4) is 0 Å². The number of para-hydroxylation sites is 1. The summed E-state index contributed by atoms with van der Waals surface area (Å²) < 4.78 is 12.3. The number of unbranched alkanes of at least 4 members (excludes halogenated alkanes) is 1. The van der Waals surface area contributed by atoms with Crippen molar-refractivity contribution in [2.24, 2.45) is 0 Å². The molecule has 1 aromatic carbocycles. The number of benzene rings is 1. The van der Waals surface area contributed by atoms with E-state index in [9.17, 15) is 4.79 Å². The molecule has 0 unspecified atom stereocenters. The first-order chi connectivity index (χ1) is 11.2. The van der Waals surface area contributed by atoms with Crippen molar-refractivity contribution in [3.05, 3.63) is 45.6 Å². The zero-order chi connectivity index (χ0) is 16.2. The molecule has 0 aliphatic rings. The Morgan fingerprint density at radius 2 is 2.13 bits per heavy atom. The molecule has 0 atom stereocenters. The molecule has 0 amide bonds. The summed E-state index contributed by atoms with van der Waals surface area (Å²) in [6.45, 7) is 3.44. The van der Waals surface area contributed by atoms with Gasteiger partial charge < -0.3 is 8.83 Å². The van der Waals surface area contributed by atoms with Crippen molar-refractivity contribution in [3.63, 3.8) is 0 Å². The van der Waals surface area contributed by atoms with E-state index >= 15 is 0 Å². The van der Waals surface area contributed by atoms with Gasteiger partial charge in [-0.15, -0.1) is 5.10 Å². The lowest BCUT2D eigenvalue weighted by Gasteiger charge is -2.01. The van der Waals surface area contributed by atoms with Gasteiger partial charge in [0.1, 0.15) is 11.1 Å². The van der Waals surface area contributed by atoms with Crippen LogP contribution in [0.1, 0.15) is 19.8 Å². The van der Waals surface area contributed by atoms with Crippen molar-refractivity contribution >= 4 is 23.2 Å². The number of fused-ring (bicyclic) bond motifs is 1. The fourth-order valence-electron chi connectivity index (χ4n) is 2.21. The predicted octanol–water partition coefficient (Wildman–Crippen LogP) is 3.33.